The maximum absolute atomic E-state index is 11.0. The SMILES string of the molecule is CC1(C)CCC(C)(C)OOC(=O)C(=O)OO1. The Morgan fingerprint density at radius 2 is 1.12 bits per heavy atom. The minimum atomic E-state index is -1.23. The van der Waals surface area contributed by atoms with Crippen LogP contribution in [0.25, 0.3) is 0 Å². The Morgan fingerprint density at radius 1 is 0.812 bits per heavy atom. The van der Waals surface area contributed by atoms with Gasteiger partial charge in [-0.05, 0) is 40.5 Å². The predicted octanol–water partition coefficient (Wildman–Crippen LogP) is 1.29. The zero-order valence-electron chi connectivity index (χ0n) is 9.86. The molecule has 1 saturated heterocycles. The van der Waals surface area contributed by atoms with Crippen molar-refractivity contribution >= 4 is 11.9 Å². The molecule has 1 heterocycles. The van der Waals surface area contributed by atoms with Crippen LogP contribution in [0, 0.1) is 0 Å². The summed E-state index contributed by atoms with van der Waals surface area (Å²) in [5.74, 6) is -2.46. The van der Waals surface area contributed by atoms with Crippen LogP contribution in [0.2, 0.25) is 0 Å². The minimum absolute atomic E-state index is 0.588. The van der Waals surface area contributed by atoms with Crippen LogP contribution in [-0.4, -0.2) is 23.1 Å². The largest absolute Gasteiger partial charge is 0.453 e. The fourth-order valence-corrected chi connectivity index (χ4v) is 1.05. The maximum Gasteiger partial charge on any atom is 0.453 e. The minimum Gasteiger partial charge on any atom is -0.285 e. The summed E-state index contributed by atoms with van der Waals surface area (Å²) >= 11 is 0. The fourth-order valence-electron chi connectivity index (χ4n) is 1.05. The molecule has 92 valence electrons. The van der Waals surface area contributed by atoms with Crippen LogP contribution in [0.15, 0.2) is 0 Å². The highest BCUT2D eigenvalue weighted by atomic mass is 17.2. The highest BCUT2D eigenvalue weighted by Crippen LogP contribution is 2.26. The summed E-state index contributed by atoms with van der Waals surface area (Å²) in [5.41, 5.74) is -1.35. The second-order valence-electron chi connectivity index (χ2n) is 4.93. The molecule has 0 N–H and O–H groups in total. The van der Waals surface area contributed by atoms with E-state index in [1.807, 2.05) is 0 Å². The van der Waals surface area contributed by atoms with Gasteiger partial charge in [0.25, 0.3) is 0 Å². The van der Waals surface area contributed by atoms with Gasteiger partial charge in [0.1, 0.15) is 11.2 Å². The first-order valence-corrected chi connectivity index (χ1v) is 5.02. The van der Waals surface area contributed by atoms with Crippen LogP contribution < -0.4 is 0 Å². The Morgan fingerprint density at radius 3 is 1.44 bits per heavy atom. The molecule has 16 heavy (non-hydrogen) atoms. The van der Waals surface area contributed by atoms with Gasteiger partial charge in [0.2, 0.25) is 0 Å². The van der Waals surface area contributed by atoms with E-state index >= 15 is 0 Å². The topological polar surface area (TPSA) is 71.1 Å². The van der Waals surface area contributed by atoms with Gasteiger partial charge in [-0.1, -0.05) is 0 Å². The summed E-state index contributed by atoms with van der Waals surface area (Å²) in [5, 5.41) is 0. The summed E-state index contributed by atoms with van der Waals surface area (Å²) < 4.78 is 0. The van der Waals surface area contributed by atoms with E-state index in [0.717, 1.165) is 0 Å². The van der Waals surface area contributed by atoms with Crippen molar-refractivity contribution < 1.29 is 29.1 Å². The molecule has 0 saturated carbocycles. The number of carbonyl (C=O) groups is 2. The molecular weight excluding hydrogens is 216 g/mol. The molecule has 0 unspecified atom stereocenters. The monoisotopic (exact) mass is 232 g/mol. The van der Waals surface area contributed by atoms with Gasteiger partial charge in [-0.15, -0.1) is 0 Å². The third-order valence-electron chi connectivity index (χ3n) is 2.18. The molecule has 0 aromatic rings. The lowest BCUT2D eigenvalue weighted by Crippen LogP contribution is -2.37. The lowest BCUT2D eigenvalue weighted by molar-refractivity contribution is -0.358. The molecule has 0 amide bonds. The van der Waals surface area contributed by atoms with Gasteiger partial charge in [0.15, 0.2) is 0 Å². The van der Waals surface area contributed by atoms with Crippen molar-refractivity contribution in [1.82, 2.24) is 0 Å². The molecule has 0 spiro atoms. The molecule has 1 rings (SSSR count). The van der Waals surface area contributed by atoms with E-state index in [0.29, 0.717) is 12.8 Å². The molecule has 0 aromatic carbocycles. The average molecular weight is 232 g/mol. The molecule has 1 fully saturated rings. The van der Waals surface area contributed by atoms with Crippen LogP contribution in [-0.2, 0) is 29.1 Å². The highest BCUT2D eigenvalue weighted by Gasteiger charge is 2.33. The molecule has 0 aliphatic carbocycles. The van der Waals surface area contributed by atoms with Crippen molar-refractivity contribution in [2.75, 3.05) is 0 Å². The third-order valence-corrected chi connectivity index (χ3v) is 2.18. The standard InChI is InChI=1S/C10H16O6/c1-9(2)5-6-10(3,4)16-14-8(12)7(11)13-15-9/h5-6H2,1-4H3. The Kier molecular flexibility index (Phi) is 3.54. The van der Waals surface area contributed by atoms with E-state index in [4.69, 9.17) is 9.78 Å². The Labute approximate surface area is 93.7 Å². The van der Waals surface area contributed by atoms with Gasteiger partial charge in [0.05, 0.1) is 0 Å². The van der Waals surface area contributed by atoms with Gasteiger partial charge in [0, 0.05) is 0 Å². The Bertz CT molecular complexity index is 264. The first-order chi connectivity index (χ1) is 7.22. The Balaban J connectivity index is 2.76. The molecule has 6 nitrogen and oxygen atoms in total. The van der Waals surface area contributed by atoms with Crippen LogP contribution in [0.1, 0.15) is 40.5 Å². The average Bonchev–Trinajstić information content (AvgIpc) is 2.19. The van der Waals surface area contributed by atoms with Crippen molar-refractivity contribution in [1.29, 1.82) is 0 Å². The fraction of sp³-hybridized carbons (Fsp3) is 0.800. The second-order valence-corrected chi connectivity index (χ2v) is 4.93. The third kappa shape index (κ3) is 3.79. The van der Waals surface area contributed by atoms with Crippen LogP contribution >= 0.6 is 0 Å². The Hall–Kier alpha value is -1.14. The van der Waals surface area contributed by atoms with Crippen molar-refractivity contribution in [3.05, 3.63) is 0 Å². The normalized spacial score (nSPS) is 25.5. The second kappa shape index (κ2) is 4.39. The van der Waals surface area contributed by atoms with Gasteiger partial charge in [-0.2, -0.15) is 9.78 Å². The van der Waals surface area contributed by atoms with E-state index in [-0.39, 0.29) is 0 Å². The predicted molar refractivity (Wildman–Crippen MR) is 51.7 cm³/mol. The van der Waals surface area contributed by atoms with E-state index in [9.17, 15) is 9.59 Å². The van der Waals surface area contributed by atoms with Gasteiger partial charge in [-0.25, -0.2) is 9.59 Å². The van der Waals surface area contributed by atoms with E-state index in [1.165, 1.54) is 0 Å². The molecule has 1 aliphatic heterocycles. The molecule has 6 heteroatoms. The molecule has 0 aromatic heterocycles. The van der Waals surface area contributed by atoms with Crippen LogP contribution in [0.4, 0.5) is 0 Å². The van der Waals surface area contributed by atoms with Gasteiger partial charge in [-0.3, -0.25) is 9.78 Å². The highest BCUT2D eigenvalue weighted by molar-refractivity contribution is 6.29. The maximum atomic E-state index is 11.0. The van der Waals surface area contributed by atoms with Gasteiger partial charge >= 0.3 is 11.9 Å². The zero-order chi connectivity index (χ0) is 12.4. The van der Waals surface area contributed by atoms with E-state index in [2.05, 4.69) is 9.78 Å². The lowest BCUT2D eigenvalue weighted by Gasteiger charge is -2.29. The first kappa shape index (κ1) is 12.9. The summed E-state index contributed by atoms with van der Waals surface area (Å²) in [7, 11) is 0. The number of hydrogen-bond acceptors (Lipinski definition) is 6. The van der Waals surface area contributed by atoms with Crippen LogP contribution in [0.5, 0.6) is 0 Å². The van der Waals surface area contributed by atoms with Crippen molar-refractivity contribution in [3.63, 3.8) is 0 Å². The number of rotatable bonds is 0. The molecular formula is C10H16O6. The summed E-state index contributed by atoms with van der Waals surface area (Å²) in [4.78, 5) is 40.5. The van der Waals surface area contributed by atoms with Crippen molar-refractivity contribution in [3.8, 4) is 0 Å². The van der Waals surface area contributed by atoms with Crippen LogP contribution in [0.3, 0.4) is 0 Å². The van der Waals surface area contributed by atoms with E-state index < -0.39 is 23.1 Å². The number of carbonyl (C=O) groups excluding carboxylic acids is 2. The summed E-state index contributed by atoms with van der Waals surface area (Å²) in [6, 6.07) is 0. The lowest BCUT2D eigenvalue weighted by atomic mass is 9.94. The van der Waals surface area contributed by atoms with E-state index in [1.54, 1.807) is 27.7 Å². The quantitative estimate of drug-likeness (QED) is 0.463. The smallest absolute Gasteiger partial charge is 0.285 e. The molecule has 0 bridgehead atoms. The molecule has 0 radical (unpaired) electrons. The van der Waals surface area contributed by atoms with Crippen molar-refractivity contribution in [2.45, 2.75) is 51.7 Å². The summed E-state index contributed by atoms with van der Waals surface area (Å²) in [6.45, 7) is 7.01. The van der Waals surface area contributed by atoms with Crippen molar-refractivity contribution in [2.24, 2.45) is 0 Å². The first-order valence-electron chi connectivity index (χ1n) is 5.02. The summed E-state index contributed by atoms with van der Waals surface area (Å²) in [6.07, 6.45) is 1.18. The zero-order valence-corrected chi connectivity index (χ0v) is 9.86. The number of hydrogen-bond donors (Lipinski definition) is 0. The van der Waals surface area contributed by atoms with Gasteiger partial charge < -0.3 is 0 Å². The molecule has 0 atom stereocenters. The molecule has 1 aliphatic rings.